The van der Waals surface area contributed by atoms with E-state index in [1.807, 2.05) is 0 Å². The number of ether oxygens (including phenoxy) is 1. The summed E-state index contributed by atoms with van der Waals surface area (Å²) in [6.07, 6.45) is 1.25. The molecule has 8 heteroatoms. The zero-order valence-corrected chi connectivity index (χ0v) is 14.6. The Morgan fingerprint density at radius 2 is 2.00 bits per heavy atom. The predicted octanol–water partition coefficient (Wildman–Crippen LogP) is 2.21. The molecule has 0 N–H and O–H groups in total. The van der Waals surface area contributed by atoms with Crippen LogP contribution >= 0.6 is 0 Å². The molecule has 0 unspecified atom stereocenters. The Hall–Kier alpha value is -3.29. The van der Waals surface area contributed by atoms with Crippen LogP contribution in [0.15, 0.2) is 53.6 Å². The van der Waals surface area contributed by atoms with E-state index in [9.17, 15) is 18.4 Å². The Bertz CT molecular complexity index is 1040. The van der Waals surface area contributed by atoms with E-state index in [-0.39, 0.29) is 36.7 Å². The SMILES string of the molecule is CN(CCOc1ccccc1F)C(=O)Cn1cnc2ccc(F)cc2c1=O. The highest BCUT2D eigenvalue weighted by Crippen LogP contribution is 2.15. The number of fused-ring (bicyclic) bond motifs is 1. The first-order valence-corrected chi connectivity index (χ1v) is 8.21. The molecule has 0 fully saturated rings. The number of amides is 1. The molecular formula is C19H17F2N3O3. The number of rotatable bonds is 6. The molecule has 2 aromatic carbocycles. The molecule has 1 heterocycles. The first kappa shape index (κ1) is 18.5. The van der Waals surface area contributed by atoms with Gasteiger partial charge in [0.25, 0.3) is 5.56 Å². The summed E-state index contributed by atoms with van der Waals surface area (Å²) in [5.41, 5.74) is -0.138. The van der Waals surface area contributed by atoms with Crippen molar-refractivity contribution in [3.05, 3.63) is 70.8 Å². The lowest BCUT2D eigenvalue weighted by molar-refractivity contribution is -0.130. The van der Waals surface area contributed by atoms with Crippen molar-refractivity contribution in [3.63, 3.8) is 0 Å². The van der Waals surface area contributed by atoms with Gasteiger partial charge in [0.2, 0.25) is 5.91 Å². The van der Waals surface area contributed by atoms with Crippen LogP contribution in [0.5, 0.6) is 5.75 Å². The van der Waals surface area contributed by atoms with Crippen molar-refractivity contribution in [3.8, 4) is 5.75 Å². The predicted molar refractivity (Wildman–Crippen MR) is 95.5 cm³/mol. The van der Waals surface area contributed by atoms with Crippen molar-refractivity contribution in [2.75, 3.05) is 20.2 Å². The van der Waals surface area contributed by atoms with Gasteiger partial charge in [-0.3, -0.25) is 14.2 Å². The molecular weight excluding hydrogens is 356 g/mol. The molecule has 6 nitrogen and oxygen atoms in total. The van der Waals surface area contributed by atoms with E-state index in [2.05, 4.69) is 4.98 Å². The van der Waals surface area contributed by atoms with Crippen LogP contribution < -0.4 is 10.3 Å². The molecule has 3 aromatic rings. The van der Waals surface area contributed by atoms with Gasteiger partial charge in [-0.15, -0.1) is 0 Å². The molecule has 0 atom stereocenters. The Labute approximate surface area is 153 Å². The summed E-state index contributed by atoms with van der Waals surface area (Å²) >= 11 is 0. The van der Waals surface area contributed by atoms with Crippen molar-refractivity contribution < 1.29 is 18.3 Å². The number of halogens is 2. The molecule has 140 valence electrons. The van der Waals surface area contributed by atoms with Crippen LogP contribution in [-0.2, 0) is 11.3 Å². The van der Waals surface area contributed by atoms with Gasteiger partial charge in [0, 0.05) is 7.05 Å². The van der Waals surface area contributed by atoms with Crippen molar-refractivity contribution in [2.24, 2.45) is 0 Å². The standard InChI is InChI=1S/C19H17F2N3O3/c1-23(8-9-27-17-5-3-2-4-15(17)21)18(25)11-24-12-22-16-7-6-13(20)10-14(16)19(24)26/h2-7,10,12H,8-9,11H2,1H3. The zero-order valence-electron chi connectivity index (χ0n) is 14.6. The van der Waals surface area contributed by atoms with Gasteiger partial charge >= 0.3 is 0 Å². The van der Waals surface area contributed by atoms with E-state index in [1.165, 1.54) is 35.5 Å². The monoisotopic (exact) mass is 373 g/mol. The van der Waals surface area contributed by atoms with Gasteiger partial charge in [-0.2, -0.15) is 0 Å². The van der Waals surface area contributed by atoms with Gasteiger partial charge < -0.3 is 9.64 Å². The summed E-state index contributed by atoms with van der Waals surface area (Å²) in [4.78, 5) is 30.1. The molecule has 1 amide bonds. The highest BCUT2D eigenvalue weighted by atomic mass is 19.1. The van der Waals surface area contributed by atoms with Crippen LogP contribution in [0.2, 0.25) is 0 Å². The molecule has 0 saturated heterocycles. The Balaban J connectivity index is 1.63. The number of hydrogen-bond donors (Lipinski definition) is 0. The quantitative estimate of drug-likeness (QED) is 0.665. The molecule has 0 bridgehead atoms. The van der Waals surface area contributed by atoms with Gasteiger partial charge in [0.05, 0.1) is 23.8 Å². The van der Waals surface area contributed by atoms with E-state index in [4.69, 9.17) is 4.74 Å². The first-order valence-electron chi connectivity index (χ1n) is 8.21. The number of carbonyl (C=O) groups is 1. The molecule has 0 spiro atoms. The molecule has 0 aliphatic heterocycles. The lowest BCUT2D eigenvalue weighted by Crippen LogP contribution is -2.36. The number of aromatic nitrogens is 2. The van der Waals surface area contributed by atoms with E-state index in [1.54, 1.807) is 19.2 Å². The summed E-state index contributed by atoms with van der Waals surface area (Å²) in [7, 11) is 1.55. The number of likely N-dealkylation sites (N-methyl/N-ethyl adjacent to an activating group) is 1. The molecule has 3 rings (SSSR count). The molecule has 1 aromatic heterocycles. The first-order chi connectivity index (χ1) is 13.0. The zero-order chi connectivity index (χ0) is 19.4. The Kier molecular flexibility index (Phi) is 5.44. The van der Waals surface area contributed by atoms with Crippen LogP contribution in [0.1, 0.15) is 0 Å². The minimum absolute atomic E-state index is 0.0965. The molecule has 27 heavy (non-hydrogen) atoms. The largest absolute Gasteiger partial charge is 0.489 e. The van der Waals surface area contributed by atoms with Gasteiger partial charge in [0.15, 0.2) is 11.6 Å². The van der Waals surface area contributed by atoms with Gasteiger partial charge in [-0.1, -0.05) is 12.1 Å². The lowest BCUT2D eigenvalue weighted by Gasteiger charge is -2.18. The summed E-state index contributed by atoms with van der Waals surface area (Å²) in [5.74, 6) is -1.28. The highest BCUT2D eigenvalue weighted by Gasteiger charge is 2.13. The van der Waals surface area contributed by atoms with Crippen molar-refractivity contribution in [2.45, 2.75) is 6.54 Å². The maximum absolute atomic E-state index is 13.5. The van der Waals surface area contributed by atoms with Crippen LogP contribution in [0.3, 0.4) is 0 Å². The normalized spacial score (nSPS) is 10.8. The summed E-state index contributed by atoms with van der Waals surface area (Å²) in [6, 6.07) is 9.70. The van der Waals surface area contributed by atoms with E-state index in [0.717, 1.165) is 10.6 Å². The van der Waals surface area contributed by atoms with Crippen LogP contribution in [0.25, 0.3) is 10.9 Å². The average Bonchev–Trinajstić information content (AvgIpc) is 2.65. The fraction of sp³-hybridized carbons (Fsp3) is 0.211. The van der Waals surface area contributed by atoms with Gasteiger partial charge in [0.1, 0.15) is 19.0 Å². The molecule has 0 aliphatic rings. The Morgan fingerprint density at radius 3 is 2.78 bits per heavy atom. The van der Waals surface area contributed by atoms with Crippen LogP contribution in [0.4, 0.5) is 8.78 Å². The highest BCUT2D eigenvalue weighted by molar-refractivity contribution is 5.79. The fourth-order valence-electron chi connectivity index (χ4n) is 2.49. The van der Waals surface area contributed by atoms with E-state index >= 15 is 0 Å². The second kappa shape index (κ2) is 7.94. The number of hydrogen-bond acceptors (Lipinski definition) is 4. The lowest BCUT2D eigenvalue weighted by atomic mass is 10.2. The molecule has 0 radical (unpaired) electrons. The molecule has 0 aliphatic carbocycles. The summed E-state index contributed by atoms with van der Waals surface area (Å²) in [6.45, 7) is 0.0608. The average molecular weight is 373 g/mol. The third-order valence-electron chi connectivity index (χ3n) is 4.04. The van der Waals surface area contributed by atoms with Crippen molar-refractivity contribution in [1.29, 1.82) is 0 Å². The van der Waals surface area contributed by atoms with Gasteiger partial charge in [-0.25, -0.2) is 13.8 Å². The minimum atomic E-state index is -0.548. The topological polar surface area (TPSA) is 64.4 Å². The fourth-order valence-corrected chi connectivity index (χ4v) is 2.49. The number of nitrogens with zero attached hydrogens (tertiary/aromatic N) is 3. The third kappa shape index (κ3) is 4.28. The van der Waals surface area contributed by atoms with E-state index < -0.39 is 17.2 Å². The van der Waals surface area contributed by atoms with Crippen molar-refractivity contribution in [1.82, 2.24) is 14.5 Å². The number of para-hydroxylation sites is 1. The van der Waals surface area contributed by atoms with E-state index in [0.29, 0.717) is 5.52 Å². The smallest absolute Gasteiger partial charge is 0.261 e. The number of benzene rings is 2. The van der Waals surface area contributed by atoms with Crippen molar-refractivity contribution >= 4 is 16.8 Å². The Morgan fingerprint density at radius 1 is 1.22 bits per heavy atom. The minimum Gasteiger partial charge on any atom is -0.489 e. The van der Waals surface area contributed by atoms with Crippen LogP contribution in [0, 0.1) is 11.6 Å². The summed E-state index contributed by atoms with van der Waals surface area (Å²) in [5, 5.41) is 0.107. The second-order valence-electron chi connectivity index (χ2n) is 5.93. The second-order valence-corrected chi connectivity index (χ2v) is 5.93. The van der Waals surface area contributed by atoms with Crippen LogP contribution in [-0.4, -0.2) is 40.6 Å². The maximum Gasteiger partial charge on any atom is 0.261 e. The van der Waals surface area contributed by atoms with Gasteiger partial charge in [-0.05, 0) is 30.3 Å². The maximum atomic E-state index is 13.5. The summed E-state index contributed by atoms with van der Waals surface area (Å²) < 4.78 is 33.3. The molecule has 0 saturated carbocycles. The third-order valence-corrected chi connectivity index (χ3v) is 4.04. The number of carbonyl (C=O) groups excluding carboxylic acids is 1.